The summed E-state index contributed by atoms with van der Waals surface area (Å²) in [5.74, 6) is -0.317. The predicted octanol–water partition coefficient (Wildman–Crippen LogP) is 2.77. The number of halogens is 2. The third-order valence-electron chi connectivity index (χ3n) is 3.97. The van der Waals surface area contributed by atoms with Crippen LogP contribution in [0.5, 0.6) is 5.75 Å². The van der Waals surface area contributed by atoms with E-state index >= 15 is 0 Å². The lowest BCUT2D eigenvalue weighted by Gasteiger charge is -2.30. The number of carbonyl (C=O) groups is 2. The smallest absolute Gasteiger partial charge is 0.387 e. The number of piperidine rings is 1. The van der Waals surface area contributed by atoms with E-state index in [2.05, 4.69) is 10.1 Å². The molecule has 1 aromatic carbocycles. The summed E-state index contributed by atoms with van der Waals surface area (Å²) < 4.78 is 33.8. The first-order valence-electron chi connectivity index (χ1n) is 8.22. The minimum Gasteiger partial charge on any atom is -0.466 e. The quantitative estimate of drug-likeness (QED) is 0.796. The lowest BCUT2D eigenvalue weighted by Crippen LogP contribution is -2.45. The van der Waals surface area contributed by atoms with Crippen LogP contribution in [0, 0.1) is 5.92 Å². The highest BCUT2D eigenvalue weighted by Gasteiger charge is 2.28. The molecule has 6 nitrogen and oxygen atoms in total. The van der Waals surface area contributed by atoms with Gasteiger partial charge in [-0.2, -0.15) is 8.78 Å². The number of alkyl halides is 2. The molecule has 1 heterocycles. The van der Waals surface area contributed by atoms with Crippen molar-refractivity contribution in [2.75, 3.05) is 19.7 Å². The Morgan fingerprint density at radius 1 is 1.32 bits per heavy atom. The molecule has 138 valence electrons. The number of nitrogens with zero attached hydrogens (tertiary/aromatic N) is 1. The molecule has 1 saturated heterocycles. The summed E-state index contributed by atoms with van der Waals surface area (Å²) in [6, 6.07) is 5.94. The Morgan fingerprint density at radius 2 is 2.04 bits per heavy atom. The summed E-state index contributed by atoms with van der Waals surface area (Å²) in [6.07, 6.45) is 1.15. The van der Waals surface area contributed by atoms with Gasteiger partial charge in [0, 0.05) is 19.6 Å². The summed E-state index contributed by atoms with van der Waals surface area (Å²) >= 11 is 0. The molecule has 2 rings (SSSR count). The topological polar surface area (TPSA) is 67.9 Å². The van der Waals surface area contributed by atoms with E-state index in [4.69, 9.17) is 4.74 Å². The van der Waals surface area contributed by atoms with Gasteiger partial charge in [-0.1, -0.05) is 12.1 Å². The van der Waals surface area contributed by atoms with Crippen LogP contribution in [0.4, 0.5) is 13.6 Å². The predicted molar refractivity (Wildman–Crippen MR) is 86.2 cm³/mol. The van der Waals surface area contributed by atoms with Gasteiger partial charge in [-0.05, 0) is 37.5 Å². The fraction of sp³-hybridized carbons (Fsp3) is 0.529. The van der Waals surface area contributed by atoms with Gasteiger partial charge in [0.25, 0.3) is 0 Å². The van der Waals surface area contributed by atoms with Gasteiger partial charge in [0.15, 0.2) is 0 Å². The number of nitrogens with one attached hydrogen (secondary N) is 1. The number of urea groups is 1. The average Bonchev–Trinajstić information content (AvgIpc) is 2.60. The molecule has 1 aliphatic rings. The van der Waals surface area contributed by atoms with Gasteiger partial charge in [0.2, 0.25) is 0 Å². The summed E-state index contributed by atoms with van der Waals surface area (Å²) in [6.45, 7) is 0.394. The lowest BCUT2D eigenvalue weighted by molar-refractivity contribution is -0.149. The second kappa shape index (κ2) is 9.19. The molecule has 0 aliphatic carbocycles. The molecule has 2 amide bonds. The van der Waals surface area contributed by atoms with Crippen LogP contribution in [0.15, 0.2) is 24.3 Å². The van der Waals surface area contributed by atoms with Gasteiger partial charge in [-0.3, -0.25) is 4.79 Å². The Bertz CT molecular complexity index is 590. The average molecular weight is 356 g/mol. The zero-order chi connectivity index (χ0) is 18.2. The van der Waals surface area contributed by atoms with Crippen molar-refractivity contribution in [1.29, 1.82) is 0 Å². The Morgan fingerprint density at radius 3 is 2.68 bits per heavy atom. The van der Waals surface area contributed by atoms with E-state index in [9.17, 15) is 18.4 Å². The molecule has 0 spiro atoms. The van der Waals surface area contributed by atoms with Gasteiger partial charge in [0.1, 0.15) is 5.75 Å². The SMILES string of the molecule is CCOC(=O)C1CCN(C(=O)NCc2cccc(OC(F)F)c2)CC1. The monoisotopic (exact) mass is 356 g/mol. The molecule has 1 fully saturated rings. The zero-order valence-corrected chi connectivity index (χ0v) is 14.0. The number of esters is 1. The normalized spacial score (nSPS) is 15.1. The van der Waals surface area contributed by atoms with Crippen molar-refractivity contribution in [3.05, 3.63) is 29.8 Å². The van der Waals surface area contributed by atoms with Crippen LogP contribution in [0.25, 0.3) is 0 Å². The summed E-state index contributed by atoms with van der Waals surface area (Å²) in [5.41, 5.74) is 0.660. The summed E-state index contributed by atoms with van der Waals surface area (Å²) in [4.78, 5) is 25.5. The first kappa shape index (κ1) is 19.0. The summed E-state index contributed by atoms with van der Waals surface area (Å²) in [5, 5.41) is 2.75. The lowest BCUT2D eigenvalue weighted by atomic mass is 9.97. The van der Waals surface area contributed by atoms with E-state index in [1.807, 2.05) is 0 Å². The highest BCUT2D eigenvalue weighted by Crippen LogP contribution is 2.19. The summed E-state index contributed by atoms with van der Waals surface area (Å²) in [7, 11) is 0. The second-order valence-electron chi connectivity index (χ2n) is 5.70. The van der Waals surface area contributed by atoms with E-state index in [-0.39, 0.29) is 30.2 Å². The van der Waals surface area contributed by atoms with Crippen LogP contribution >= 0.6 is 0 Å². The van der Waals surface area contributed by atoms with Crippen LogP contribution in [0.2, 0.25) is 0 Å². The maximum atomic E-state index is 12.2. The number of hydrogen-bond acceptors (Lipinski definition) is 4. The molecule has 1 aromatic rings. The molecule has 1 N–H and O–H groups in total. The van der Waals surface area contributed by atoms with Crippen molar-refractivity contribution in [3.63, 3.8) is 0 Å². The molecule has 0 radical (unpaired) electrons. The van der Waals surface area contributed by atoms with Crippen LogP contribution < -0.4 is 10.1 Å². The van der Waals surface area contributed by atoms with Crippen molar-refractivity contribution >= 4 is 12.0 Å². The largest absolute Gasteiger partial charge is 0.466 e. The van der Waals surface area contributed by atoms with Gasteiger partial charge in [-0.25, -0.2) is 4.79 Å². The molecule has 0 aromatic heterocycles. The highest BCUT2D eigenvalue weighted by atomic mass is 19.3. The van der Waals surface area contributed by atoms with Gasteiger partial charge in [-0.15, -0.1) is 0 Å². The molecule has 25 heavy (non-hydrogen) atoms. The van der Waals surface area contributed by atoms with Crippen LogP contribution in [0.3, 0.4) is 0 Å². The number of rotatable bonds is 6. The standard InChI is InChI=1S/C17H22F2N2O4/c1-2-24-15(22)13-6-8-21(9-7-13)17(23)20-11-12-4-3-5-14(10-12)25-16(18)19/h3-5,10,13,16H,2,6-9,11H2,1H3,(H,20,23). The van der Waals surface area contributed by atoms with Crippen LogP contribution in [0.1, 0.15) is 25.3 Å². The fourth-order valence-corrected chi connectivity index (χ4v) is 2.70. The number of hydrogen-bond donors (Lipinski definition) is 1. The molecule has 0 unspecified atom stereocenters. The van der Waals surface area contributed by atoms with E-state index in [0.29, 0.717) is 38.1 Å². The molecule has 8 heteroatoms. The molecule has 1 aliphatic heterocycles. The molecule has 0 atom stereocenters. The van der Waals surface area contributed by atoms with E-state index in [1.165, 1.54) is 12.1 Å². The minimum absolute atomic E-state index is 0.0528. The van der Waals surface area contributed by atoms with Crippen molar-refractivity contribution in [1.82, 2.24) is 10.2 Å². The van der Waals surface area contributed by atoms with Crippen molar-refractivity contribution in [3.8, 4) is 5.75 Å². The van der Waals surface area contributed by atoms with E-state index in [0.717, 1.165) is 0 Å². The Balaban J connectivity index is 1.78. The van der Waals surface area contributed by atoms with E-state index in [1.54, 1.807) is 24.0 Å². The van der Waals surface area contributed by atoms with Crippen LogP contribution in [-0.2, 0) is 16.1 Å². The number of carbonyl (C=O) groups excluding carboxylic acids is 2. The van der Waals surface area contributed by atoms with Gasteiger partial charge >= 0.3 is 18.6 Å². The molecule has 0 saturated carbocycles. The molecular weight excluding hydrogens is 334 g/mol. The maximum Gasteiger partial charge on any atom is 0.387 e. The Hall–Kier alpha value is -2.38. The number of amides is 2. The molecule has 0 bridgehead atoms. The number of ether oxygens (including phenoxy) is 2. The van der Waals surface area contributed by atoms with Crippen molar-refractivity contribution in [2.45, 2.75) is 32.9 Å². The van der Waals surface area contributed by atoms with Crippen molar-refractivity contribution < 1.29 is 27.8 Å². The zero-order valence-electron chi connectivity index (χ0n) is 14.0. The fourth-order valence-electron chi connectivity index (χ4n) is 2.70. The van der Waals surface area contributed by atoms with E-state index < -0.39 is 6.61 Å². The maximum absolute atomic E-state index is 12.2. The number of likely N-dealkylation sites (tertiary alicyclic amines) is 1. The van der Waals surface area contributed by atoms with Gasteiger partial charge < -0.3 is 19.7 Å². The van der Waals surface area contributed by atoms with Gasteiger partial charge in [0.05, 0.1) is 12.5 Å². The Labute approximate surface area is 145 Å². The van der Waals surface area contributed by atoms with Crippen molar-refractivity contribution in [2.24, 2.45) is 5.92 Å². The minimum atomic E-state index is -2.88. The van der Waals surface area contributed by atoms with Crippen LogP contribution in [-0.4, -0.2) is 43.2 Å². The third kappa shape index (κ3) is 5.88. The molecular formula is C17H22F2N2O4. The first-order valence-corrected chi connectivity index (χ1v) is 8.22. The Kier molecular flexibility index (Phi) is 6.97. The first-order chi connectivity index (χ1) is 12.0. The second-order valence-corrected chi connectivity index (χ2v) is 5.70. The highest BCUT2D eigenvalue weighted by molar-refractivity contribution is 5.76. The third-order valence-corrected chi connectivity index (χ3v) is 3.97. The number of benzene rings is 1.